The average Bonchev–Trinajstić information content (AvgIpc) is 3.50. The zero-order valence-corrected chi connectivity index (χ0v) is 26.9. The number of piperazine rings is 1. The number of nitrogens with zero attached hydrogens (tertiary/aromatic N) is 6. The lowest BCUT2D eigenvalue weighted by atomic mass is 9.91. The highest BCUT2D eigenvalue weighted by molar-refractivity contribution is 6.34. The summed E-state index contributed by atoms with van der Waals surface area (Å²) in [6.45, 7) is 15.1. The summed E-state index contributed by atoms with van der Waals surface area (Å²) < 4.78 is 1.78. The molecule has 2 aliphatic rings. The van der Waals surface area contributed by atoms with E-state index in [-0.39, 0.29) is 29.5 Å². The molecule has 1 saturated heterocycles. The number of aromatic nitrogens is 5. The second-order valence-electron chi connectivity index (χ2n) is 12.7. The van der Waals surface area contributed by atoms with E-state index in [9.17, 15) is 9.59 Å². The monoisotopic (exact) mass is 621 g/mol. The maximum absolute atomic E-state index is 14.8. The van der Waals surface area contributed by atoms with Gasteiger partial charge in [-0.3, -0.25) is 24.2 Å². The highest BCUT2D eigenvalue weighted by atomic mass is 35.5. The van der Waals surface area contributed by atoms with Crippen molar-refractivity contribution in [2.45, 2.75) is 65.5 Å². The number of fused-ring (bicyclic) bond motifs is 6. The van der Waals surface area contributed by atoms with Gasteiger partial charge in [0, 0.05) is 53.3 Å². The van der Waals surface area contributed by atoms with Crippen LogP contribution in [0.15, 0.2) is 54.1 Å². The van der Waals surface area contributed by atoms with Crippen molar-refractivity contribution >= 4 is 45.1 Å². The van der Waals surface area contributed by atoms with Gasteiger partial charge in [0.2, 0.25) is 5.91 Å². The average molecular weight is 622 g/mol. The van der Waals surface area contributed by atoms with Crippen LogP contribution >= 0.6 is 11.6 Å². The van der Waals surface area contributed by atoms with Crippen LogP contribution < -0.4 is 10.5 Å². The minimum atomic E-state index is -0.0924. The second-order valence-corrected chi connectivity index (χ2v) is 13.1. The Morgan fingerprint density at radius 2 is 1.93 bits per heavy atom. The number of hydrogen-bond acceptors (Lipinski definition) is 6. The van der Waals surface area contributed by atoms with Crippen LogP contribution in [-0.2, 0) is 11.2 Å². The first-order chi connectivity index (χ1) is 21.6. The number of aromatic amines is 1. The van der Waals surface area contributed by atoms with E-state index in [1.54, 1.807) is 17.0 Å². The summed E-state index contributed by atoms with van der Waals surface area (Å²) in [7, 11) is 0. The fourth-order valence-corrected chi connectivity index (χ4v) is 7.52. The van der Waals surface area contributed by atoms with Crippen molar-refractivity contribution in [2.24, 2.45) is 0 Å². The summed E-state index contributed by atoms with van der Waals surface area (Å²) in [5, 5.41) is 9.55. The van der Waals surface area contributed by atoms with Gasteiger partial charge in [-0.15, -0.1) is 0 Å². The van der Waals surface area contributed by atoms with Gasteiger partial charge in [-0.1, -0.05) is 38.1 Å². The van der Waals surface area contributed by atoms with E-state index in [2.05, 4.69) is 35.5 Å². The summed E-state index contributed by atoms with van der Waals surface area (Å²) in [5.74, 6) is 0.00640. The first kappa shape index (κ1) is 29.2. The lowest BCUT2D eigenvalue weighted by Gasteiger charge is -2.49. The molecule has 2 atom stereocenters. The molecule has 1 fully saturated rings. The number of H-pyrrole nitrogens is 1. The number of carbonyl (C=O) groups is 1. The van der Waals surface area contributed by atoms with Gasteiger partial charge >= 0.3 is 0 Å². The molecule has 5 aromatic rings. The first-order valence-electron chi connectivity index (χ1n) is 15.5. The maximum atomic E-state index is 14.8. The highest BCUT2D eigenvalue weighted by Gasteiger charge is 2.39. The number of aryl methyl sites for hydroxylation is 2. The molecule has 4 aromatic heterocycles. The van der Waals surface area contributed by atoms with Gasteiger partial charge in [-0.2, -0.15) is 5.10 Å². The fraction of sp³-hybridized carbons (Fsp3) is 0.343. The number of pyridine rings is 3. The summed E-state index contributed by atoms with van der Waals surface area (Å²) >= 11 is 7.18. The van der Waals surface area contributed by atoms with E-state index < -0.39 is 0 Å². The van der Waals surface area contributed by atoms with Crippen LogP contribution in [0, 0.1) is 13.8 Å². The van der Waals surface area contributed by atoms with Crippen molar-refractivity contribution in [3.8, 4) is 16.9 Å². The molecule has 0 spiro atoms. The molecule has 0 aliphatic carbocycles. The number of nitrogens with one attached hydrogen (secondary N) is 1. The molecule has 1 N–H and O–H groups in total. The zero-order valence-electron chi connectivity index (χ0n) is 26.2. The van der Waals surface area contributed by atoms with Crippen LogP contribution in [0.3, 0.4) is 0 Å². The quantitative estimate of drug-likeness (QED) is 0.238. The van der Waals surface area contributed by atoms with Gasteiger partial charge < -0.3 is 9.80 Å². The molecular formula is C35H36ClN7O2. The van der Waals surface area contributed by atoms with Crippen LogP contribution in [0.4, 0.5) is 5.69 Å². The van der Waals surface area contributed by atoms with E-state index in [0.29, 0.717) is 35.9 Å². The molecule has 10 heteroatoms. The van der Waals surface area contributed by atoms with E-state index in [1.807, 2.05) is 49.9 Å². The van der Waals surface area contributed by atoms with Crippen molar-refractivity contribution in [3.63, 3.8) is 0 Å². The van der Waals surface area contributed by atoms with Crippen LogP contribution in [0.5, 0.6) is 0 Å². The topological polar surface area (TPSA) is 100 Å². The Labute approximate surface area is 266 Å². The van der Waals surface area contributed by atoms with E-state index in [1.165, 1.54) is 6.08 Å². The molecule has 2 aliphatic heterocycles. The molecule has 2 unspecified atom stereocenters. The third-order valence-corrected chi connectivity index (χ3v) is 9.77. The smallest absolute Gasteiger partial charge is 0.262 e. The normalized spacial score (nSPS) is 18.0. The Morgan fingerprint density at radius 1 is 1.13 bits per heavy atom. The van der Waals surface area contributed by atoms with Crippen molar-refractivity contribution < 1.29 is 4.79 Å². The van der Waals surface area contributed by atoms with Crippen LogP contribution in [0.25, 0.3) is 38.9 Å². The van der Waals surface area contributed by atoms with E-state index in [4.69, 9.17) is 21.6 Å². The standard InChI is InChI=1S/C35H36ClN7O2/c1-7-28(44)41-17-22-9-10-23-33(42(22)16-21(41)6)24-14-26(36)31(29-19(4)8-11-27-25(29)15-38-40-27)39-34(24)43(35(23)45)32-20(5)12-13-37-30(32)18(2)3/h7-8,11-15,18,21-22H,1,9-10,16-17H2,2-6H3,(H,38,40). The van der Waals surface area contributed by atoms with Gasteiger partial charge in [0.25, 0.3) is 5.56 Å². The predicted octanol–water partition coefficient (Wildman–Crippen LogP) is 6.26. The van der Waals surface area contributed by atoms with Crippen molar-refractivity contribution in [1.29, 1.82) is 0 Å². The zero-order chi connectivity index (χ0) is 31.7. The molecular weight excluding hydrogens is 586 g/mol. The van der Waals surface area contributed by atoms with Crippen molar-refractivity contribution in [1.82, 2.24) is 29.6 Å². The summed E-state index contributed by atoms with van der Waals surface area (Å²) in [5.41, 5.74) is 7.95. The summed E-state index contributed by atoms with van der Waals surface area (Å²) in [4.78, 5) is 41.8. The third kappa shape index (κ3) is 4.47. The lowest BCUT2D eigenvalue weighted by Crippen LogP contribution is -2.60. The Hall–Kier alpha value is -4.50. The first-order valence-corrected chi connectivity index (χ1v) is 15.8. The Kier molecular flexibility index (Phi) is 7.04. The number of hydrogen-bond donors (Lipinski definition) is 1. The number of rotatable bonds is 4. The van der Waals surface area contributed by atoms with Crippen LogP contribution in [0.1, 0.15) is 55.5 Å². The molecule has 9 nitrogen and oxygen atoms in total. The Morgan fingerprint density at radius 3 is 2.69 bits per heavy atom. The summed E-state index contributed by atoms with van der Waals surface area (Å²) in [6, 6.07) is 7.93. The minimum absolute atomic E-state index is 0.0581. The highest BCUT2D eigenvalue weighted by Crippen LogP contribution is 2.43. The second kappa shape index (κ2) is 10.8. The molecule has 45 heavy (non-hydrogen) atoms. The van der Waals surface area contributed by atoms with Crippen LogP contribution in [-0.4, -0.2) is 60.7 Å². The lowest BCUT2D eigenvalue weighted by molar-refractivity contribution is -0.129. The van der Waals surface area contributed by atoms with Crippen molar-refractivity contribution in [3.05, 3.63) is 87.1 Å². The van der Waals surface area contributed by atoms with Crippen molar-refractivity contribution in [2.75, 3.05) is 18.0 Å². The van der Waals surface area contributed by atoms with Gasteiger partial charge in [0.15, 0.2) is 0 Å². The van der Waals surface area contributed by atoms with Gasteiger partial charge in [0.05, 0.1) is 39.5 Å². The Bertz CT molecular complexity index is 2100. The van der Waals surface area contributed by atoms with E-state index in [0.717, 1.165) is 62.0 Å². The minimum Gasteiger partial charge on any atom is -0.364 e. The fourth-order valence-electron chi connectivity index (χ4n) is 7.27. The van der Waals surface area contributed by atoms with Crippen LogP contribution in [0.2, 0.25) is 5.02 Å². The Balaban J connectivity index is 1.57. The number of benzene rings is 1. The molecule has 1 aromatic carbocycles. The molecule has 230 valence electrons. The maximum Gasteiger partial charge on any atom is 0.262 e. The number of carbonyl (C=O) groups excluding carboxylic acids is 1. The number of halogens is 1. The SMILES string of the molecule is C=CC(=O)N1CC2CCc3c(c4cc(Cl)c(-c5c(C)ccc6[nH]ncc56)nc4n(-c4c(C)ccnc4C(C)C)c3=O)N2CC1C. The van der Waals surface area contributed by atoms with E-state index >= 15 is 0 Å². The van der Waals surface area contributed by atoms with Gasteiger partial charge in [0.1, 0.15) is 5.65 Å². The molecule has 0 radical (unpaired) electrons. The molecule has 1 amide bonds. The van der Waals surface area contributed by atoms with Gasteiger partial charge in [-0.05, 0) is 74.9 Å². The number of amides is 1. The molecule has 7 rings (SSSR count). The number of anilines is 1. The van der Waals surface area contributed by atoms with Gasteiger partial charge in [-0.25, -0.2) is 4.98 Å². The third-order valence-electron chi connectivity index (χ3n) is 9.48. The summed E-state index contributed by atoms with van der Waals surface area (Å²) in [6.07, 6.45) is 6.31. The molecule has 0 bridgehead atoms. The predicted molar refractivity (Wildman–Crippen MR) is 180 cm³/mol. The largest absolute Gasteiger partial charge is 0.364 e. The molecule has 6 heterocycles. The molecule has 0 saturated carbocycles.